The summed E-state index contributed by atoms with van der Waals surface area (Å²) in [5.41, 5.74) is 2.86. The van der Waals surface area contributed by atoms with Crippen LogP contribution in [0.5, 0.6) is 0 Å². The number of anilines is 2. The van der Waals surface area contributed by atoms with Crippen molar-refractivity contribution >= 4 is 28.4 Å². The Kier molecular flexibility index (Phi) is 6.76. The van der Waals surface area contributed by atoms with Crippen LogP contribution in [0.15, 0.2) is 46.6 Å². The highest BCUT2D eigenvalue weighted by Crippen LogP contribution is 2.35. The van der Waals surface area contributed by atoms with Crippen molar-refractivity contribution < 1.29 is 15.2 Å². The fourth-order valence-electron chi connectivity index (χ4n) is 2.49. The molecule has 0 aliphatic carbocycles. The van der Waals surface area contributed by atoms with Gasteiger partial charge in [-0.25, -0.2) is 10.7 Å². The van der Waals surface area contributed by atoms with Gasteiger partial charge >= 0.3 is 0 Å². The first-order valence-electron chi connectivity index (χ1n) is 8.09. The third kappa shape index (κ3) is 4.75. The summed E-state index contributed by atoms with van der Waals surface area (Å²) in [4.78, 5) is 16.5. The summed E-state index contributed by atoms with van der Waals surface area (Å²) in [5.74, 6) is 0. The van der Waals surface area contributed by atoms with E-state index in [2.05, 4.69) is 34.0 Å². The largest absolute Gasteiger partial charge is 0.372 e. The first-order chi connectivity index (χ1) is 13.0. The fraction of sp³-hybridized carbons (Fsp3) is 0.235. The van der Waals surface area contributed by atoms with Gasteiger partial charge in [-0.3, -0.25) is 10.1 Å². The molecule has 0 spiro atoms. The van der Waals surface area contributed by atoms with E-state index >= 15 is 0 Å². The number of nitrogens with zero attached hydrogens (tertiary/aromatic N) is 5. The highest BCUT2D eigenvalue weighted by atomic mass is 17.2. The van der Waals surface area contributed by atoms with Crippen LogP contribution in [0.4, 0.5) is 28.4 Å². The normalized spacial score (nSPS) is 10.6. The van der Waals surface area contributed by atoms with Crippen molar-refractivity contribution in [3.05, 3.63) is 52.1 Å². The lowest BCUT2D eigenvalue weighted by Gasteiger charge is -2.20. The molecular formula is C17H18N6O4. The maximum atomic E-state index is 11.3. The number of benzene rings is 2. The number of nitrogens with one attached hydrogen (secondary N) is 1. The van der Waals surface area contributed by atoms with Crippen LogP contribution in [0, 0.1) is 21.4 Å². The molecule has 0 saturated carbocycles. The molecule has 10 nitrogen and oxygen atoms in total. The minimum absolute atomic E-state index is 0.0308. The zero-order valence-corrected chi connectivity index (χ0v) is 14.8. The molecule has 0 aliphatic rings. The summed E-state index contributed by atoms with van der Waals surface area (Å²) in [5, 5.41) is 36.9. The van der Waals surface area contributed by atoms with Crippen molar-refractivity contribution in [2.24, 2.45) is 10.2 Å². The highest BCUT2D eigenvalue weighted by molar-refractivity contribution is 5.72. The molecule has 0 amide bonds. The number of hydrogen-bond donors (Lipinski definition) is 2. The average Bonchev–Trinajstić information content (AvgIpc) is 2.68. The lowest BCUT2D eigenvalue weighted by Crippen LogP contribution is -2.21. The smallest absolute Gasteiger partial charge is 0.300 e. The number of hydrogen-bond acceptors (Lipinski definition) is 9. The molecule has 0 unspecified atom stereocenters. The Morgan fingerprint density at radius 2 is 1.93 bits per heavy atom. The highest BCUT2D eigenvalue weighted by Gasteiger charge is 2.20. The maximum absolute atomic E-state index is 11.3. The second kappa shape index (κ2) is 9.23. The van der Waals surface area contributed by atoms with E-state index in [0.717, 1.165) is 24.8 Å². The number of azo groups is 1. The van der Waals surface area contributed by atoms with Gasteiger partial charge in [0.1, 0.15) is 6.07 Å². The third-order valence-electron chi connectivity index (χ3n) is 3.81. The van der Waals surface area contributed by atoms with E-state index in [1.165, 1.54) is 6.07 Å². The molecule has 0 atom stereocenters. The lowest BCUT2D eigenvalue weighted by atomic mass is 10.1. The lowest BCUT2D eigenvalue weighted by molar-refractivity contribution is -0.384. The van der Waals surface area contributed by atoms with Crippen molar-refractivity contribution in [1.29, 1.82) is 5.26 Å². The Balaban J connectivity index is 2.38. The monoisotopic (exact) mass is 370 g/mol. The van der Waals surface area contributed by atoms with Crippen molar-refractivity contribution in [2.45, 2.75) is 13.8 Å². The van der Waals surface area contributed by atoms with Gasteiger partial charge in [0.05, 0.1) is 21.9 Å². The number of rotatable bonds is 8. The van der Waals surface area contributed by atoms with E-state index in [9.17, 15) is 15.4 Å². The van der Waals surface area contributed by atoms with Crippen LogP contribution in [0.2, 0.25) is 0 Å². The van der Waals surface area contributed by atoms with Crippen LogP contribution >= 0.6 is 0 Å². The average molecular weight is 370 g/mol. The standard InChI is InChI=1S/C17H18N6O4/c1-3-22(4-2)15-7-5-13(6-8-15)19-20-17-12(11-18)9-14(21-27-26)10-16(17)23(24)25/h5-10,21,26H,3-4H2,1-2H3. The summed E-state index contributed by atoms with van der Waals surface area (Å²) >= 11 is 0. The summed E-state index contributed by atoms with van der Waals surface area (Å²) in [7, 11) is 0. The SMILES string of the molecule is CCN(CC)c1ccc(N=Nc2c(C#N)cc(NOO)cc2[N+](=O)[O-])cc1. The van der Waals surface area contributed by atoms with Crippen molar-refractivity contribution in [1.82, 2.24) is 0 Å². The fourth-order valence-corrected chi connectivity index (χ4v) is 2.49. The van der Waals surface area contributed by atoms with Crippen LogP contribution in [0.25, 0.3) is 0 Å². The molecule has 0 radical (unpaired) electrons. The van der Waals surface area contributed by atoms with Crippen LogP contribution in [0.1, 0.15) is 19.4 Å². The van der Waals surface area contributed by atoms with Gasteiger partial charge in [-0.05, 0) is 44.2 Å². The minimum Gasteiger partial charge on any atom is -0.372 e. The Morgan fingerprint density at radius 1 is 1.26 bits per heavy atom. The van der Waals surface area contributed by atoms with E-state index in [1.807, 2.05) is 23.7 Å². The van der Waals surface area contributed by atoms with Gasteiger partial charge in [-0.1, -0.05) is 0 Å². The van der Waals surface area contributed by atoms with Crippen LogP contribution in [0.3, 0.4) is 0 Å². The van der Waals surface area contributed by atoms with Crippen LogP contribution in [-0.4, -0.2) is 23.3 Å². The van der Waals surface area contributed by atoms with Crippen molar-refractivity contribution in [3.63, 3.8) is 0 Å². The van der Waals surface area contributed by atoms with Gasteiger partial charge in [0.2, 0.25) is 0 Å². The van der Waals surface area contributed by atoms with Crippen molar-refractivity contribution in [2.75, 3.05) is 23.5 Å². The summed E-state index contributed by atoms with van der Waals surface area (Å²) in [6.45, 7) is 5.85. The Hall–Kier alpha value is -3.55. The van der Waals surface area contributed by atoms with Crippen LogP contribution in [-0.2, 0) is 4.99 Å². The zero-order valence-electron chi connectivity index (χ0n) is 14.8. The van der Waals surface area contributed by atoms with E-state index in [-0.39, 0.29) is 16.9 Å². The minimum atomic E-state index is -0.693. The Labute approximate surface area is 155 Å². The molecule has 10 heteroatoms. The second-order valence-corrected chi connectivity index (χ2v) is 5.34. The summed E-state index contributed by atoms with van der Waals surface area (Å²) < 4.78 is 0. The molecule has 140 valence electrons. The van der Waals surface area contributed by atoms with E-state index in [0.29, 0.717) is 5.69 Å². The Bertz CT molecular complexity index is 872. The molecule has 2 rings (SSSR count). The molecule has 0 aromatic heterocycles. The summed E-state index contributed by atoms with van der Waals surface area (Å²) in [6, 6.07) is 11.4. The molecule has 0 fully saturated rings. The van der Waals surface area contributed by atoms with Gasteiger partial charge in [-0.15, -0.1) is 10.1 Å². The first kappa shape index (κ1) is 19.8. The van der Waals surface area contributed by atoms with Gasteiger partial charge in [-0.2, -0.15) is 10.4 Å². The predicted octanol–water partition coefficient (Wildman–Crippen LogP) is 4.54. The van der Waals surface area contributed by atoms with Gasteiger partial charge in [0, 0.05) is 24.8 Å². The number of nitriles is 1. The second-order valence-electron chi connectivity index (χ2n) is 5.34. The molecule has 2 N–H and O–H groups in total. The van der Waals surface area contributed by atoms with Gasteiger partial charge < -0.3 is 4.90 Å². The predicted molar refractivity (Wildman–Crippen MR) is 99.3 cm³/mol. The molecular weight excluding hydrogens is 352 g/mol. The van der Waals surface area contributed by atoms with Crippen molar-refractivity contribution in [3.8, 4) is 6.07 Å². The quantitative estimate of drug-likeness (QED) is 0.301. The third-order valence-corrected chi connectivity index (χ3v) is 3.81. The zero-order chi connectivity index (χ0) is 19.8. The first-order valence-corrected chi connectivity index (χ1v) is 8.09. The molecule has 2 aromatic rings. The topological polar surface area (TPSA) is 136 Å². The Morgan fingerprint density at radius 3 is 2.44 bits per heavy atom. The molecule has 0 bridgehead atoms. The van der Waals surface area contributed by atoms with E-state index in [4.69, 9.17) is 5.26 Å². The van der Waals surface area contributed by atoms with Crippen LogP contribution < -0.4 is 10.4 Å². The molecule has 2 aromatic carbocycles. The molecule has 27 heavy (non-hydrogen) atoms. The number of nitro groups is 1. The maximum Gasteiger partial charge on any atom is 0.300 e. The van der Waals surface area contributed by atoms with Gasteiger partial charge in [0.15, 0.2) is 5.69 Å². The van der Waals surface area contributed by atoms with E-state index in [1.54, 1.807) is 12.1 Å². The molecule has 0 saturated heterocycles. The van der Waals surface area contributed by atoms with E-state index < -0.39 is 10.6 Å². The van der Waals surface area contributed by atoms with Gasteiger partial charge in [0.25, 0.3) is 5.69 Å². The number of nitro benzene ring substituents is 1. The molecule has 0 aliphatic heterocycles. The molecule has 0 heterocycles. The summed E-state index contributed by atoms with van der Waals surface area (Å²) in [6.07, 6.45) is 0.